The summed E-state index contributed by atoms with van der Waals surface area (Å²) < 4.78 is 0. The maximum atomic E-state index is 11.9. The summed E-state index contributed by atoms with van der Waals surface area (Å²) in [5.41, 5.74) is 3.12. The van der Waals surface area contributed by atoms with Crippen molar-refractivity contribution in [2.45, 2.75) is 20.0 Å². The van der Waals surface area contributed by atoms with Gasteiger partial charge in [0, 0.05) is 25.8 Å². The van der Waals surface area contributed by atoms with Crippen LogP contribution < -0.4 is 4.90 Å². The standard InChI is InChI=1S/C14H20N2O2/c1-11-8-12(10-17)4-5-13(11)16-7-3-6-15(2)14(18)9-16/h4-5,8,17H,3,6-7,9-10H2,1-2H3. The minimum atomic E-state index is 0.0583. The average Bonchev–Trinajstić information content (AvgIpc) is 2.52. The van der Waals surface area contributed by atoms with E-state index in [1.54, 1.807) is 4.90 Å². The number of hydrogen-bond donors (Lipinski definition) is 1. The van der Waals surface area contributed by atoms with Crippen LogP contribution in [0.4, 0.5) is 5.69 Å². The molecule has 1 aromatic rings. The first-order valence-corrected chi connectivity index (χ1v) is 6.31. The number of aliphatic hydroxyl groups is 1. The lowest BCUT2D eigenvalue weighted by molar-refractivity contribution is -0.127. The Hall–Kier alpha value is -1.55. The number of likely N-dealkylation sites (N-methyl/N-ethyl adjacent to an activating group) is 1. The smallest absolute Gasteiger partial charge is 0.241 e. The molecule has 0 radical (unpaired) electrons. The molecule has 98 valence electrons. The summed E-state index contributed by atoms with van der Waals surface area (Å²) in [5, 5.41) is 9.11. The fourth-order valence-corrected chi connectivity index (χ4v) is 2.36. The molecule has 0 aromatic heterocycles. The molecule has 1 heterocycles. The van der Waals surface area contributed by atoms with Crippen LogP contribution >= 0.6 is 0 Å². The number of aryl methyl sites for hydroxylation is 1. The van der Waals surface area contributed by atoms with Gasteiger partial charge in [-0.1, -0.05) is 12.1 Å². The fourth-order valence-electron chi connectivity index (χ4n) is 2.36. The molecular formula is C14H20N2O2. The number of rotatable bonds is 2. The molecule has 1 fully saturated rings. The van der Waals surface area contributed by atoms with Crippen LogP contribution in [0.15, 0.2) is 18.2 Å². The van der Waals surface area contributed by atoms with Gasteiger partial charge in [-0.3, -0.25) is 4.79 Å². The highest BCUT2D eigenvalue weighted by atomic mass is 16.3. The van der Waals surface area contributed by atoms with E-state index in [9.17, 15) is 4.79 Å². The van der Waals surface area contributed by atoms with E-state index < -0.39 is 0 Å². The van der Waals surface area contributed by atoms with Gasteiger partial charge < -0.3 is 14.9 Å². The molecule has 1 amide bonds. The number of aliphatic hydroxyl groups excluding tert-OH is 1. The molecule has 4 nitrogen and oxygen atoms in total. The SMILES string of the molecule is Cc1cc(CO)ccc1N1CCCN(C)C(=O)C1. The lowest BCUT2D eigenvalue weighted by Crippen LogP contribution is -2.34. The summed E-state index contributed by atoms with van der Waals surface area (Å²) in [6.07, 6.45) is 0.990. The van der Waals surface area contributed by atoms with Gasteiger partial charge in [0.25, 0.3) is 0 Å². The molecule has 0 bridgehead atoms. The molecule has 1 saturated heterocycles. The summed E-state index contributed by atoms with van der Waals surface area (Å²) in [5.74, 6) is 0.165. The highest BCUT2D eigenvalue weighted by Gasteiger charge is 2.20. The Bertz CT molecular complexity index is 445. The Morgan fingerprint density at radius 1 is 1.33 bits per heavy atom. The first-order valence-electron chi connectivity index (χ1n) is 6.31. The zero-order valence-electron chi connectivity index (χ0n) is 11.0. The molecule has 4 heteroatoms. The maximum absolute atomic E-state index is 11.9. The van der Waals surface area contributed by atoms with E-state index >= 15 is 0 Å². The third kappa shape index (κ3) is 2.64. The number of amides is 1. The zero-order valence-corrected chi connectivity index (χ0v) is 11.0. The second-order valence-corrected chi connectivity index (χ2v) is 4.87. The second kappa shape index (κ2) is 5.40. The van der Waals surface area contributed by atoms with E-state index in [0.717, 1.165) is 36.3 Å². The van der Waals surface area contributed by atoms with Crippen molar-refractivity contribution in [3.63, 3.8) is 0 Å². The van der Waals surface area contributed by atoms with Gasteiger partial charge in [0.15, 0.2) is 0 Å². The van der Waals surface area contributed by atoms with Crippen molar-refractivity contribution >= 4 is 11.6 Å². The summed E-state index contributed by atoms with van der Waals surface area (Å²) in [6.45, 7) is 4.24. The van der Waals surface area contributed by atoms with Gasteiger partial charge in [-0.25, -0.2) is 0 Å². The van der Waals surface area contributed by atoms with Gasteiger partial charge in [-0.15, -0.1) is 0 Å². The predicted octanol–water partition coefficient (Wildman–Crippen LogP) is 1.16. The number of carbonyl (C=O) groups excluding carboxylic acids is 1. The largest absolute Gasteiger partial charge is 0.392 e. The Labute approximate surface area is 108 Å². The Morgan fingerprint density at radius 2 is 2.11 bits per heavy atom. The molecule has 0 unspecified atom stereocenters. The summed E-state index contributed by atoms with van der Waals surface area (Å²) in [6, 6.07) is 5.90. The number of carbonyl (C=O) groups is 1. The van der Waals surface area contributed by atoms with Crippen molar-refractivity contribution < 1.29 is 9.90 Å². The van der Waals surface area contributed by atoms with E-state index in [2.05, 4.69) is 4.90 Å². The van der Waals surface area contributed by atoms with Crippen molar-refractivity contribution in [1.82, 2.24) is 4.90 Å². The highest BCUT2D eigenvalue weighted by Crippen LogP contribution is 2.22. The van der Waals surface area contributed by atoms with Gasteiger partial charge in [0.1, 0.15) is 0 Å². The van der Waals surface area contributed by atoms with E-state index in [1.165, 1.54) is 0 Å². The molecule has 1 N–H and O–H groups in total. The number of nitrogens with zero attached hydrogens (tertiary/aromatic N) is 2. The van der Waals surface area contributed by atoms with Crippen molar-refractivity contribution in [1.29, 1.82) is 0 Å². The van der Waals surface area contributed by atoms with Crippen LogP contribution in [0.2, 0.25) is 0 Å². The molecule has 2 rings (SSSR count). The van der Waals surface area contributed by atoms with E-state index in [1.807, 2.05) is 32.2 Å². The molecule has 1 aliphatic heterocycles. The minimum absolute atomic E-state index is 0.0583. The van der Waals surface area contributed by atoms with Crippen molar-refractivity contribution in [3.8, 4) is 0 Å². The first-order chi connectivity index (χ1) is 8.61. The van der Waals surface area contributed by atoms with Gasteiger partial charge in [0.05, 0.1) is 13.2 Å². The Kier molecular flexibility index (Phi) is 3.87. The van der Waals surface area contributed by atoms with Crippen LogP contribution in [0, 0.1) is 6.92 Å². The third-order valence-corrected chi connectivity index (χ3v) is 3.46. The number of hydrogen-bond acceptors (Lipinski definition) is 3. The van der Waals surface area contributed by atoms with Gasteiger partial charge >= 0.3 is 0 Å². The van der Waals surface area contributed by atoms with E-state index in [4.69, 9.17) is 5.11 Å². The van der Waals surface area contributed by atoms with Crippen LogP contribution in [0.5, 0.6) is 0 Å². The molecule has 18 heavy (non-hydrogen) atoms. The van der Waals surface area contributed by atoms with E-state index in [0.29, 0.717) is 6.54 Å². The van der Waals surface area contributed by atoms with Crippen molar-refractivity contribution in [3.05, 3.63) is 29.3 Å². The summed E-state index contributed by atoms with van der Waals surface area (Å²) in [4.78, 5) is 15.8. The van der Waals surface area contributed by atoms with Gasteiger partial charge in [-0.05, 0) is 30.5 Å². The third-order valence-electron chi connectivity index (χ3n) is 3.46. The van der Waals surface area contributed by atoms with Crippen LogP contribution in [-0.2, 0) is 11.4 Å². The monoisotopic (exact) mass is 248 g/mol. The van der Waals surface area contributed by atoms with E-state index in [-0.39, 0.29) is 12.5 Å². The molecule has 0 atom stereocenters. The van der Waals surface area contributed by atoms with Crippen molar-refractivity contribution in [2.75, 3.05) is 31.6 Å². The second-order valence-electron chi connectivity index (χ2n) is 4.87. The van der Waals surface area contributed by atoms with Crippen molar-refractivity contribution in [2.24, 2.45) is 0 Å². The molecule has 0 spiro atoms. The van der Waals surface area contributed by atoms with Crippen LogP contribution in [-0.4, -0.2) is 42.6 Å². The maximum Gasteiger partial charge on any atom is 0.241 e. The molecule has 0 saturated carbocycles. The summed E-state index contributed by atoms with van der Waals surface area (Å²) >= 11 is 0. The Morgan fingerprint density at radius 3 is 2.78 bits per heavy atom. The van der Waals surface area contributed by atoms with Gasteiger partial charge in [0.2, 0.25) is 5.91 Å². The highest BCUT2D eigenvalue weighted by molar-refractivity contribution is 5.82. The first kappa shape index (κ1) is 12.9. The average molecular weight is 248 g/mol. The van der Waals surface area contributed by atoms with Gasteiger partial charge in [-0.2, -0.15) is 0 Å². The normalized spacial score (nSPS) is 16.9. The summed E-state index contributed by atoms with van der Waals surface area (Å²) in [7, 11) is 1.85. The Balaban J connectivity index is 2.22. The minimum Gasteiger partial charge on any atom is -0.392 e. The van der Waals surface area contributed by atoms with Crippen LogP contribution in [0.25, 0.3) is 0 Å². The molecule has 0 aliphatic carbocycles. The lowest BCUT2D eigenvalue weighted by atomic mass is 10.1. The lowest BCUT2D eigenvalue weighted by Gasteiger charge is -2.24. The van der Waals surface area contributed by atoms with Crippen LogP contribution in [0.1, 0.15) is 17.5 Å². The number of anilines is 1. The predicted molar refractivity (Wildman–Crippen MR) is 71.6 cm³/mol. The molecule has 1 aromatic carbocycles. The topological polar surface area (TPSA) is 43.8 Å². The quantitative estimate of drug-likeness (QED) is 0.854. The molecular weight excluding hydrogens is 228 g/mol. The van der Waals surface area contributed by atoms with Crippen LogP contribution in [0.3, 0.4) is 0 Å². The number of benzene rings is 1. The molecule has 1 aliphatic rings. The fraction of sp³-hybridized carbons (Fsp3) is 0.500. The zero-order chi connectivity index (χ0) is 13.1.